The summed E-state index contributed by atoms with van der Waals surface area (Å²) in [5, 5.41) is 13.9. The molecule has 0 saturated carbocycles. The van der Waals surface area contributed by atoms with Crippen LogP contribution in [0.3, 0.4) is 0 Å². The van der Waals surface area contributed by atoms with Crippen molar-refractivity contribution in [2.75, 3.05) is 18.4 Å². The number of carbonyl (C=O) groups excluding carboxylic acids is 1. The fourth-order valence-electron chi connectivity index (χ4n) is 3.40. The molecular weight excluding hydrogens is 382 g/mol. The molecule has 1 amide bonds. The molecule has 142 valence electrons. The maximum Gasteiger partial charge on any atom is 0.256 e. The van der Waals surface area contributed by atoms with E-state index in [1.165, 1.54) is 39.9 Å². The number of amides is 1. The Morgan fingerprint density at radius 1 is 1.19 bits per heavy atom. The SMILES string of the molecule is CC1CC(C)CN(S(=O)(=O)c2ccc(C(=O)Nc3sccc3C#N)cc2)C1. The van der Waals surface area contributed by atoms with Crippen LogP contribution in [0, 0.1) is 23.2 Å². The van der Waals surface area contributed by atoms with E-state index in [0.717, 1.165) is 6.42 Å². The highest BCUT2D eigenvalue weighted by Gasteiger charge is 2.31. The molecule has 2 unspecified atom stereocenters. The van der Waals surface area contributed by atoms with Gasteiger partial charge in [-0.25, -0.2) is 8.42 Å². The smallest absolute Gasteiger partial charge is 0.256 e. The second-order valence-electron chi connectivity index (χ2n) is 7.02. The topological polar surface area (TPSA) is 90.3 Å². The molecule has 2 atom stereocenters. The Morgan fingerprint density at radius 3 is 2.41 bits per heavy atom. The van der Waals surface area contributed by atoms with Crippen molar-refractivity contribution >= 4 is 32.3 Å². The van der Waals surface area contributed by atoms with E-state index in [2.05, 4.69) is 19.2 Å². The third kappa shape index (κ3) is 4.21. The molecule has 1 aromatic carbocycles. The highest BCUT2D eigenvalue weighted by Crippen LogP contribution is 2.27. The predicted octanol–water partition coefficient (Wildman–Crippen LogP) is 3.54. The van der Waals surface area contributed by atoms with Gasteiger partial charge in [0.2, 0.25) is 10.0 Å². The second-order valence-corrected chi connectivity index (χ2v) is 9.88. The molecule has 1 N–H and O–H groups in total. The van der Waals surface area contributed by atoms with Gasteiger partial charge in [0.1, 0.15) is 11.1 Å². The van der Waals surface area contributed by atoms with E-state index < -0.39 is 10.0 Å². The lowest BCUT2D eigenvalue weighted by molar-refractivity contribution is 0.102. The first kappa shape index (κ1) is 19.5. The molecule has 8 heteroatoms. The fraction of sp³-hybridized carbons (Fsp3) is 0.368. The third-order valence-corrected chi connectivity index (χ3v) is 7.28. The summed E-state index contributed by atoms with van der Waals surface area (Å²) in [4.78, 5) is 12.5. The van der Waals surface area contributed by atoms with Gasteiger partial charge in [0.05, 0.1) is 10.5 Å². The van der Waals surface area contributed by atoms with Crippen molar-refractivity contribution in [3.8, 4) is 6.07 Å². The van der Waals surface area contributed by atoms with E-state index in [-0.39, 0.29) is 10.8 Å². The van der Waals surface area contributed by atoms with Gasteiger partial charge in [-0.3, -0.25) is 4.79 Å². The van der Waals surface area contributed by atoms with Gasteiger partial charge in [-0.15, -0.1) is 11.3 Å². The number of hydrogen-bond acceptors (Lipinski definition) is 5. The van der Waals surface area contributed by atoms with Gasteiger partial charge in [0.25, 0.3) is 5.91 Å². The van der Waals surface area contributed by atoms with E-state index >= 15 is 0 Å². The Kier molecular flexibility index (Phi) is 5.65. The van der Waals surface area contributed by atoms with Gasteiger partial charge in [-0.1, -0.05) is 13.8 Å². The van der Waals surface area contributed by atoms with Gasteiger partial charge >= 0.3 is 0 Å². The van der Waals surface area contributed by atoms with Crippen LogP contribution in [0.2, 0.25) is 0 Å². The normalized spacial score (nSPS) is 20.8. The molecule has 2 aromatic rings. The Hall–Kier alpha value is -2.21. The number of nitrogens with zero attached hydrogens (tertiary/aromatic N) is 2. The Morgan fingerprint density at radius 2 is 1.81 bits per heavy atom. The molecule has 2 heterocycles. The lowest BCUT2D eigenvalue weighted by Gasteiger charge is -2.34. The number of thiophene rings is 1. The molecule has 1 fully saturated rings. The molecule has 0 radical (unpaired) electrons. The Labute approximate surface area is 163 Å². The number of rotatable bonds is 4. The average molecular weight is 404 g/mol. The highest BCUT2D eigenvalue weighted by molar-refractivity contribution is 7.89. The first-order valence-corrected chi connectivity index (χ1v) is 11.0. The van der Waals surface area contributed by atoms with E-state index in [1.54, 1.807) is 11.4 Å². The van der Waals surface area contributed by atoms with Crippen molar-refractivity contribution in [1.82, 2.24) is 4.31 Å². The summed E-state index contributed by atoms with van der Waals surface area (Å²) in [5.74, 6) is 0.278. The van der Waals surface area contributed by atoms with Crippen LogP contribution in [0.15, 0.2) is 40.6 Å². The predicted molar refractivity (Wildman–Crippen MR) is 105 cm³/mol. The molecule has 3 rings (SSSR count). The number of nitriles is 1. The number of anilines is 1. The molecule has 0 spiro atoms. The monoisotopic (exact) mass is 403 g/mol. The van der Waals surface area contributed by atoms with Gasteiger partial charge in [0, 0.05) is 18.7 Å². The van der Waals surface area contributed by atoms with Crippen LogP contribution in [-0.2, 0) is 10.0 Å². The van der Waals surface area contributed by atoms with Crippen LogP contribution < -0.4 is 5.32 Å². The van der Waals surface area contributed by atoms with Crippen LogP contribution >= 0.6 is 11.3 Å². The lowest BCUT2D eigenvalue weighted by Crippen LogP contribution is -2.42. The summed E-state index contributed by atoms with van der Waals surface area (Å²) in [5.41, 5.74) is 0.743. The van der Waals surface area contributed by atoms with Crippen molar-refractivity contribution in [3.63, 3.8) is 0 Å². The van der Waals surface area contributed by atoms with Crippen molar-refractivity contribution < 1.29 is 13.2 Å². The van der Waals surface area contributed by atoms with Crippen LogP contribution in [-0.4, -0.2) is 31.7 Å². The number of piperidine rings is 1. The maximum atomic E-state index is 12.9. The Bertz CT molecular complexity index is 964. The van der Waals surface area contributed by atoms with E-state index in [4.69, 9.17) is 5.26 Å². The summed E-state index contributed by atoms with van der Waals surface area (Å²) in [6.07, 6.45) is 1.03. The van der Waals surface area contributed by atoms with Gasteiger partial charge in [0.15, 0.2) is 0 Å². The number of carbonyl (C=O) groups is 1. The molecule has 27 heavy (non-hydrogen) atoms. The minimum absolute atomic E-state index is 0.189. The zero-order chi connectivity index (χ0) is 19.6. The molecule has 0 bridgehead atoms. The van der Waals surface area contributed by atoms with E-state index in [0.29, 0.717) is 41.1 Å². The number of sulfonamides is 1. The van der Waals surface area contributed by atoms with Crippen molar-refractivity contribution in [2.45, 2.75) is 25.2 Å². The first-order chi connectivity index (χ1) is 12.8. The molecule has 1 aliphatic heterocycles. The molecular formula is C19H21N3O3S2. The zero-order valence-corrected chi connectivity index (χ0v) is 16.8. The number of nitrogens with one attached hydrogen (secondary N) is 1. The second kappa shape index (κ2) is 7.80. The minimum atomic E-state index is -3.57. The van der Waals surface area contributed by atoms with Crippen LogP contribution in [0.25, 0.3) is 0 Å². The summed E-state index contributed by atoms with van der Waals surface area (Å²) >= 11 is 1.27. The average Bonchev–Trinajstić information content (AvgIpc) is 3.08. The van der Waals surface area contributed by atoms with Crippen molar-refractivity contribution in [2.24, 2.45) is 11.8 Å². The number of hydrogen-bond donors (Lipinski definition) is 1. The summed E-state index contributed by atoms with van der Waals surface area (Å²) < 4.78 is 27.3. The van der Waals surface area contributed by atoms with Gasteiger partial charge < -0.3 is 5.32 Å². The molecule has 1 aliphatic rings. The molecule has 1 saturated heterocycles. The number of benzene rings is 1. The van der Waals surface area contributed by atoms with E-state index in [1.807, 2.05) is 6.07 Å². The lowest BCUT2D eigenvalue weighted by atomic mass is 9.94. The Balaban J connectivity index is 1.76. The fourth-order valence-corrected chi connectivity index (χ4v) is 5.81. The third-order valence-electron chi connectivity index (χ3n) is 4.60. The van der Waals surface area contributed by atoms with E-state index in [9.17, 15) is 13.2 Å². The first-order valence-electron chi connectivity index (χ1n) is 8.70. The minimum Gasteiger partial charge on any atom is -0.312 e. The standard InChI is InChI=1S/C19H21N3O3S2/c1-13-9-14(2)12-22(11-13)27(24,25)17-5-3-15(4-6-17)18(23)21-19-16(10-20)7-8-26-19/h3-8,13-14H,9,11-12H2,1-2H3,(H,21,23). The van der Waals surface area contributed by atoms with Gasteiger partial charge in [-0.2, -0.15) is 9.57 Å². The van der Waals surface area contributed by atoms with Crippen molar-refractivity contribution in [1.29, 1.82) is 5.26 Å². The summed E-state index contributed by atoms with van der Waals surface area (Å²) in [7, 11) is -3.57. The maximum absolute atomic E-state index is 12.9. The van der Waals surface area contributed by atoms with Crippen molar-refractivity contribution in [3.05, 3.63) is 46.8 Å². The summed E-state index contributed by atoms with van der Waals surface area (Å²) in [6, 6.07) is 9.58. The quantitative estimate of drug-likeness (QED) is 0.845. The zero-order valence-electron chi connectivity index (χ0n) is 15.2. The molecule has 0 aliphatic carbocycles. The highest BCUT2D eigenvalue weighted by atomic mass is 32.2. The van der Waals surface area contributed by atoms with Crippen LogP contribution in [0.1, 0.15) is 36.2 Å². The van der Waals surface area contributed by atoms with Crippen LogP contribution in [0.5, 0.6) is 0 Å². The van der Waals surface area contributed by atoms with Crippen LogP contribution in [0.4, 0.5) is 5.00 Å². The largest absolute Gasteiger partial charge is 0.312 e. The molecule has 1 aromatic heterocycles. The van der Waals surface area contributed by atoms with Gasteiger partial charge in [-0.05, 0) is 54.0 Å². The summed E-state index contributed by atoms with van der Waals surface area (Å²) in [6.45, 7) is 5.16. The molecule has 6 nitrogen and oxygen atoms in total.